The molecular weight excluding hydrogens is 254 g/mol. The quantitative estimate of drug-likeness (QED) is 0.841. The normalized spacial score (nSPS) is 14.4. The van der Waals surface area contributed by atoms with Crippen LogP contribution in [0.2, 0.25) is 0 Å². The second-order valence-corrected chi connectivity index (χ2v) is 4.77. The number of hydrazone groups is 1. The van der Waals surface area contributed by atoms with Gasteiger partial charge in [-0.15, -0.1) is 0 Å². The van der Waals surface area contributed by atoms with Gasteiger partial charge in [-0.1, -0.05) is 29.8 Å². The lowest BCUT2D eigenvalue weighted by Crippen LogP contribution is -2.27. The molecule has 0 spiro atoms. The van der Waals surface area contributed by atoms with E-state index in [1.807, 2.05) is 19.1 Å². The molecule has 0 bridgehead atoms. The van der Waals surface area contributed by atoms with Crippen molar-refractivity contribution in [1.29, 1.82) is 0 Å². The summed E-state index contributed by atoms with van der Waals surface area (Å²) in [7, 11) is 0. The SMILES string of the molecule is Cc1ccc(C2=NN(C(=O)Cn3cncn3)CC2)cc1. The van der Waals surface area contributed by atoms with Crippen molar-refractivity contribution in [2.75, 3.05) is 6.54 Å². The number of hydrogen-bond acceptors (Lipinski definition) is 4. The van der Waals surface area contributed by atoms with Crippen LogP contribution in [0.15, 0.2) is 42.0 Å². The van der Waals surface area contributed by atoms with E-state index in [1.165, 1.54) is 27.9 Å². The maximum Gasteiger partial charge on any atom is 0.264 e. The van der Waals surface area contributed by atoms with Crippen LogP contribution in [0.5, 0.6) is 0 Å². The van der Waals surface area contributed by atoms with Crippen LogP contribution in [0.1, 0.15) is 17.5 Å². The van der Waals surface area contributed by atoms with Gasteiger partial charge in [0.25, 0.3) is 5.91 Å². The first-order chi connectivity index (χ1) is 9.72. The third kappa shape index (κ3) is 2.59. The van der Waals surface area contributed by atoms with Crippen LogP contribution in [0.4, 0.5) is 0 Å². The molecule has 102 valence electrons. The Bertz CT molecular complexity index is 630. The molecular formula is C14H15N5O. The minimum atomic E-state index is -0.0717. The van der Waals surface area contributed by atoms with E-state index in [0.29, 0.717) is 6.54 Å². The number of aryl methyl sites for hydroxylation is 1. The van der Waals surface area contributed by atoms with E-state index < -0.39 is 0 Å². The first kappa shape index (κ1) is 12.5. The van der Waals surface area contributed by atoms with Crippen LogP contribution >= 0.6 is 0 Å². The molecule has 1 amide bonds. The summed E-state index contributed by atoms with van der Waals surface area (Å²) in [6.07, 6.45) is 3.73. The molecule has 6 heteroatoms. The Labute approximate surface area is 116 Å². The molecule has 1 aromatic carbocycles. The molecule has 0 unspecified atom stereocenters. The first-order valence-electron chi connectivity index (χ1n) is 6.50. The zero-order valence-corrected chi connectivity index (χ0v) is 11.2. The number of carbonyl (C=O) groups excluding carboxylic acids is 1. The number of nitrogens with zero attached hydrogens (tertiary/aromatic N) is 5. The fraction of sp³-hybridized carbons (Fsp3) is 0.286. The summed E-state index contributed by atoms with van der Waals surface area (Å²) in [5.74, 6) is -0.0717. The van der Waals surface area contributed by atoms with Crippen molar-refractivity contribution in [3.8, 4) is 0 Å². The highest BCUT2D eigenvalue weighted by atomic mass is 16.2. The predicted molar refractivity (Wildman–Crippen MR) is 74.1 cm³/mol. The zero-order chi connectivity index (χ0) is 13.9. The van der Waals surface area contributed by atoms with E-state index in [9.17, 15) is 4.79 Å². The van der Waals surface area contributed by atoms with Crippen molar-refractivity contribution < 1.29 is 4.79 Å². The van der Waals surface area contributed by atoms with Crippen LogP contribution < -0.4 is 0 Å². The van der Waals surface area contributed by atoms with Gasteiger partial charge in [-0.3, -0.25) is 4.79 Å². The van der Waals surface area contributed by atoms with E-state index >= 15 is 0 Å². The van der Waals surface area contributed by atoms with Crippen molar-refractivity contribution in [2.24, 2.45) is 5.10 Å². The van der Waals surface area contributed by atoms with Crippen LogP contribution in [-0.4, -0.2) is 37.9 Å². The summed E-state index contributed by atoms with van der Waals surface area (Å²) in [6, 6.07) is 8.19. The molecule has 20 heavy (non-hydrogen) atoms. The molecule has 1 aliphatic rings. The van der Waals surface area contributed by atoms with Gasteiger partial charge in [-0.2, -0.15) is 10.2 Å². The standard InChI is InChI=1S/C14H15N5O/c1-11-2-4-12(5-3-11)13-6-7-19(17-13)14(20)8-18-10-15-9-16-18/h2-5,9-10H,6-8H2,1H3. The monoisotopic (exact) mass is 269 g/mol. The Morgan fingerprint density at radius 2 is 2.10 bits per heavy atom. The summed E-state index contributed by atoms with van der Waals surface area (Å²) >= 11 is 0. The molecule has 2 heterocycles. The molecule has 0 aliphatic carbocycles. The zero-order valence-electron chi connectivity index (χ0n) is 11.2. The maximum atomic E-state index is 12.1. The molecule has 0 fully saturated rings. The van der Waals surface area contributed by atoms with Gasteiger partial charge < -0.3 is 0 Å². The summed E-state index contributed by atoms with van der Waals surface area (Å²) in [4.78, 5) is 15.9. The largest absolute Gasteiger partial charge is 0.271 e. The van der Waals surface area contributed by atoms with Crippen molar-refractivity contribution in [3.63, 3.8) is 0 Å². The van der Waals surface area contributed by atoms with Gasteiger partial charge in [0, 0.05) is 6.42 Å². The number of rotatable bonds is 3. The lowest BCUT2D eigenvalue weighted by atomic mass is 10.1. The molecule has 1 aromatic heterocycles. The van der Waals surface area contributed by atoms with Gasteiger partial charge in [-0.05, 0) is 12.5 Å². The average Bonchev–Trinajstić information content (AvgIpc) is 3.10. The van der Waals surface area contributed by atoms with Gasteiger partial charge in [-0.25, -0.2) is 14.7 Å². The summed E-state index contributed by atoms with van der Waals surface area (Å²) < 4.78 is 1.50. The Morgan fingerprint density at radius 3 is 2.80 bits per heavy atom. The Hall–Kier alpha value is -2.50. The Balaban J connectivity index is 1.71. The van der Waals surface area contributed by atoms with E-state index in [1.54, 1.807) is 0 Å². The van der Waals surface area contributed by atoms with Gasteiger partial charge in [0.1, 0.15) is 19.2 Å². The molecule has 1 aliphatic heterocycles. The molecule has 6 nitrogen and oxygen atoms in total. The molecule has 2 aromatic rings. The van der Waals surface area contributed by atoms with Crippen molar-refractivity contribution in [2.45, 2.75) is 19.9 Å². The van der Waals surface area contributed by atoms with E-state index in [2.05, 4.69) is 27.3 Å². The second-order valence-electron chi connectivity index (χ2n) is 4.77. The first-order valence-corrected chi connectivity index (χ1v) is 6.50. The second kappa shape index (κ2) is 5.24. The summed E-state index contributed by atoms with van der Waals surface area (Å²) in [5, 5.41) is 9.84. The van der Waals surface area contributed by atoms with E-state index in [4.69, 9.17) is 0 Å². The van der Waals surface area contributed by atoms with Gasteiger partial charge in [0.2, 0.25) is 0 Å². The van der Waals surface area contributed by atoms with Crippen LogP contribution in [0, 0.1) is 6.92 Å². The van der Waals surface area contributed by atoms with Gasteiger partial charge in [0.15, 0.2) is 0 Å². The highest BCUT2D eigenvalue weighted by molar-refractivity contribution is 6.02. The molecule has 0 N–H and O–H groups in total. The number of carbonyl (C=O) groups is 1. The van der Waals surface area contributed by atoms with Gasteiger partial charge >= 0.3 is 0 Å². The number of amides is 1. The molecule has 0 atom stereocenters. The smallest absolute Gasteiger partial charge is 0.264 e. The van der Waals surface area contributed by atoms with E-state index in [0.717, 1.165) is 17.7 Å². The van der Waals surface area contributed by atoms with Crippen LogP contribution in [0.3, 0.4) is 0 Å². The van der Waals surface area contributed by atoms with Crippen molar-refractivity contribution >= 4 is 11.6 Å². The summed E-state index contributed by atoms with van der Waals surface area (Å²) in [6.45, 7) is 2.84. The third-order valence-corrected chi connectivity index (χ3v) is 3.24. The van der Waals surface area contributed by atoms with Crippen LogP contribution in [-0.2, 0) is 11.3 Å². The van der Waals surface area contributed by atoms with Crippen molar-refractivity contribution in [3.05, 3.63) is 48.0 Å². The Morgan fingerprint density at radius 1 is 1.30 bits per heavy atom. The minimum absolute atomic E-state index is 0.0717. The van der Waals surface area contributed by atoms with Crippen molar-refractivity contribution in [1.82, 2.24) is 19.8 Å². The fourth-order valence-electron chi connectivity index (χ4n) is 2.12. The fourth-order valence-corrected chi connectivity index (χ4v) is 2.12. The third-order valence-electron chi connectivity index (χ3n) is 3.24. The highest BCUT2D eigenvalue weighted by Crippen LogP contribution is 2.14. The predicted octanol–water partition coefficient (Wildman–Crippen LogP) is 1.22. The Kier molecular flexibility index (Phi) is 3.28. The minimum Gasteiger partial charge on any atom is -0.271 e. The lowest BCUT2D eigenvalue weighted by molar-refractivity contribution is -0.131. The maximum absolute atomic E-state index is 12.1. The number of benzene rings is 1. The average molecular weight is 269 g/mol. The van der Waals surface area contributed by atoms with Crippen LogP contribution in [0.25, 0.3) is 0 Å². The number of aromatic nitrogens is 3. The molecule has 0 saturated heterocycles. The molecule has 3 rings (SSSR count). The lowest BCUT2D eigenvalue weighted by Gasteiger charge is -2.10. The number of hydrogen-bond donors (Lipinski definition) is 0. The van der Waals surface area contributed by atoms with Gasteiger partial charge in [0.05, 0.1) is 12.3 Å². The molecule has 0 radical (unpaired) electrons. The molecule has 0 saturated carbocycles. The highest BCUT2D eigenvalue weighted by Gasteiger charge is 2.21. The summed E-state index contributed by atoms with van der Waals surface area (Å²) in [5.41, 5.74) is 3.25. The van der Waals surface area contributed by atoms with E-state index in [-0.39, 0.29) is 12.5 Å². The topological polar surface area (TPSA) is 63.4 Å².